The average molecular weight is 519 g/mol. The zero-order valence-corrected chi connectivity index (χ0v) is 18.8. The highest BCUT2D eigenvalue weighted by atomic mass is 19.4. The summed E-state index contributed by atoms with van der Waals surface area (Å²) in [6.45, 7) is -0.0638. The van der Waals surface area contributed by atoms with E-state index >= 15 is 0 Å². The van der Waals surface area contributed by atoms with Crippen LogP contribution in [-0.4, -0.2) is 53.0 Å². The number of halogens is 6. The third kappa shape index (κ3) is 5.19. The minimum Gasteiger partial charge on any atom is -0.340 e. The third-order valence-corrected chi connectivity index (χ3v) is 7.13. The lowest BCUT2D eigenvalue weighted by Gasteiger charge is -2.35. The molecule has 7 nitrogen and oxygen atoms in total. The molecule has 2 heterocycles. The van der Waals surface area contributed by atoms with Gasteiger partial charge in [-0.25, -0.2) is 0 Å². The van der Waals surface area contributed by atoms with Crippen molar-refractivity contribution in [2.75, 3.05) is 0 Å². The Balaban J connectivity index is 1.46. The van der Waals surface area contributed by atoms with Crippen molar-refractivity contribution in [2.24, 2.45) is 11.8 Å². The first-order valence-electron chi connectivity index (χ1n) is 11.5. The van der Waals surface area contributed by atoms with Gasteiger partial charge in [-0.3, -0.25) is 24.5 Å². The summed E-state index contributed by atoms with van der Waals surface area (Å²) >= 11 is 0. The molecular weight excluding hydrogens is 496 g/mol. The Labute approximate surface area is 201 Å². The van der Waals surface area contributed by atoms with Gasteiger partial charge >= 0.3 is 12.4 Å². The molecule has 2 aliphatic heterocycles. The van der Waals surface area contributed by atoms with E-state index in [4.69, 9.17) is 0 Å². The van der Waals surface area contributed by atoms with E-state index in [2.05, 4.69) is 5.32 Å². The number of benzene rings is 1. The Hall–Kier alpha value is -3.12. The largest absolute Gasteiger partial charge is 0.408 e. The topological polar surface area (TPSA) is 95.6 Å². The number of fused-ring (bicyclic) bond motifs is 1. The van der Waals surface area contributed by atoms with Crippen LogP contribution in [0.15, 0.2) is 18.2 Å². The van der Waals surface area contributed by atoms with Crippen LogP contribution in [-0.2, 0) is 16.1 Å². The van der Waals surface area contributed by atoms with Crippen LogP contribution in [0, 0.1) is 11.8 Å². The molecule has 1 unspecified atom stereocenters. The number of carbonyl (C=O) groups excluding carboxylic acids is 4. The Morgan fingerprint density at radius 2 is 1.67 bits per heavy atom. The van der Waals surface area contributed by atoms with Crippen LogP contribution in [0.25, 0.3) is 0 Å². The van der Waals surface area contributed by atoms with Gasteiger partial charge in [0.05, 0.1) is 5.92 Å². The first kappa shape index (κ1) is 26.0. The molecule has 1 saturated heterocycles. The standard InChI is InChI=1S/C23H23F6N3O4/c24-22(25,26)14-4-1-11(2-5-14)18(23(27,28)29)31-19(34)12-3-6-15-13(9-12)10-32(21(15)36)16-7-8-17(33)30-20(16)35/h3,6,9,11,14,16,18H,1-2,4-5,7-8,10H2,(H,31,34)(H,30,33,35)/t11?,14?,16?,18-/m1/s1. The summed E-state index contributed by atoms with van der Waals surface area (Å²) in [5.41, 5.74) is 0.380. The molecule has 13 heteroatoms. The number of imide groups is 1. The summed E-state index contributed by atoms with van der Waals surface area (Å²) in [6.07, 6.45) is -10.7. The molecule has 0 spiro atoms. The van der Waals surface area contributed by atoms with E-state index < -0.39 is 72.7 Å². The SMILES string of the molecule is O=C1CCC(N2Cc3cc(C(=O)N[C@H](C4CCC(C(F)(F)F)CC4)C(F)(F)F)ccc3C2=O)C(=O)N1. The van der Waals surface area contributed by atoms with Crippen molar-refractivity contribution in [1.29, 1.82) is 0 Å². The van der Waals surface area contributed by atoms with Crippen LogP contribution in [0.2, 0.25) is 0 Å². The van der Waals surface area contributed by atoms with Crippen molar-refractivity contribution >= 4 is 23.6 Å². The quantitative estimate of drug-likeness (QED) is 0.471. The van der Waals surface area contributed by atoms with Gasteiger partial charge < -0.3 is 10.2 Å². The molecule has 4 amide bonds. The fourth-order valence-corrected chi connectivity index (χ4v) is 5.19. The number of piperidine rings is 1. The molecule has 3 aliphatic rings. The van der Waals surface area contributed by atoms with Gasteiger partial charge in [0, 0.05) is 24.1 Å². The first-order chi connectivity index (χ1) is 16.8. The zero-order valence-electron chi connectivity index (χ0n) is 18.8. The fourth-order valence-electron chi connectivity index (χ4n) is 5.19. The minimum atomic E-state index is -4.86. The average Bonchev–Trinajstić information content (AvgIpc) is 3.11. The lowest BCUT2D eigenvalue weighted by atomic mass is 9.78. The summed E-state index contributed by atoms with van der Waals surface area (Å²) in [5.74, 6) is -5.48. The smallest absolute Gasteiger partial charge is 0.340 e. The van der Waals surface area contributed by atoms with Crippen LogP contribution in [0.5, 0.6) is 0 Å². The molecule has 2 atom stereocenters. The van der Waals surface area contributed by atoms with Gasteiger partial charge in [0.15, 0.2) is 0 Å². The van der Waals surface area contributed by atoms with E-state index in [1.807, 2.05) is 5.32 Å². The molecule has 1 aromatic rings. The summed E-state index contributed by atoms with van der Waals surface area (Å²) < 4.78 is 80.0. The molecule has 1 aromatic carbocycles. The summed E-state index contributed by atoms with van der Waals surface area (Å²) in [4.78, 5) is 50.2. The van der Waals surface area contributed by atoms with Crippen LogP contribution in [0.3, 0.4) is 0 Å². The molecule has 0 radical (unpaired) electrons. The van der Waals surface area contributed by atoms with E-state index in [1.165, 1.54) is 23.1 Å². The summed E-state index contributed by atoms with van der Waals surface area (Å²) in [7, 11) is 0. The molecule has 1 aliphatic carbocycles. The molecule has 2 fully saturated rings. The molecule has 196 valence electrons. The van der Waals surface area contributed by atoms with E-state index in [0.717, 1.165) is 0 Å². The molecule has 4 rings (SSSR count). The van der Waals surface area contributed by atoms with Gasteiger partial charge in [0.25, 0.3) is 11.8 Å². The number of nitrogens with zero attached hydrogens (tertiary/aromatic N) is 1. The minimum absolute atomic E-state index is 0.0495. The molecule has 0 aromatic heterocycles. The predicted molar refractivity (Wildman–Crippen MR) is 111 cm³/mol. The second kappa shape index (κ2) is 9.40. The highest BCUT2D eigenvalue weighted by molar-refractivity contribution is 6.06. The lowest BCUT2D eigenvalue weighted by molar-refractivity contribution is -0.193. The van der Waals surface area contributed by atoms with Crippen molar-refractivity contribution in [3.8, 4) is 0 Å². The Kier molecular flexibility index (Phi) is 6.78. The molecular formula is C23H23F6N3O4. The van der Waals surface area contributed by atoms with Gasteiger partial charge in [0.1, 0.15) is 12.1 Å². The van der Waals surface area contributed by atoms with Crippen molar-refractivity contribution in [3.05, 3.63) is 34.9 Å². The van der Waals surface area contributed by atoms with Gasteiger partial charge in [-0.2, -0.15) is 26.3 Å². The second-order valence-electron chi connectivity index (χ2n) is 9.42. The Morgan fingerprint density at radius 3 is 2.25 bits per heavy atom. The monoisotopic (exact) mass is 519 g/mol. The fraction of sp³-hybridized carbons (Fsp3) is 0.565. The van der Waals surface area contributed by atoms with Gasteiger partial charge in [0.2, 0.25) is 11.8 Å². The maximum atomic E-state index is 13.8. The number of carbonyl (C=O) groups is 4. The number of hydrogen-bond acceptors (Lipinski definition) is 4. The highest BCUT2D eigenvalue weighted by Gasteiger charge is 2.49. The third-order valence-electron chi connectivity index (χ3n) is 7.13. The van der Waals surface area contributed by atoms with Crippen LogP contribution in [0.1, 0.15) is 64.8 Å². The zero-order chi connectivity index (χ0) is 26.4. The van der Waals surface area contributed by atoms with Gasteiger partial charge in [-0.05, 0) is 61.8 Å². The first-order valence-corrected chi connectivity index (χ1v) is 11.5. The molecule has 1 saturated carbocycles. The van der Waals surface area contributed by atoms with Crippen molar-refractivity contribution in [1.82, 2.24) is 15.5 Å². The predicted octanol–water partition coefficient (Wildman–Crippen LogP) is 3.48. The molecule has 2 N–H and O–H groups in total. The van der Waals surface area contributed by atoms with E-state index in [1.54, 1.807) is 0 Å². The van der Waals surface area contributed by atoms with Crippen molar-refractivity contribution in [3.63, 3.8) is 0 Å². The summed E-state index contributed by atoms with van der Waals surface area (Å²) in [5, 5.41) is 4.10. The van der Waals surface area contributed by atoms with Gasteiger partial charge in [-0.15, -0.1) is 0 Å². The van der Waals surface area contributed by atoms with Crippen LogP contribution >= 0.6 is 0 Å². The Bertz CT molecular complexity index is 1080. The Morgan fingerprint density at radius 1 is 1.00 bits per heavy atom. The molecule has 0 bridgehead atoms. The maximum Gasteiger partial charge on any atom is 0.408 e. The normalized spacial score (nSPS) is 25.9. The van der Waals surface area contributed by atoms with Crippen LogP contribution in [0.4, 0.5) is 26.3 Å². The van der Waals surface area contributed by atoms with E-state index in [9.17, 15) is 45.5 Å². The highest BCUT2D eigenvalue weighted by Crippen LogP contribution is 2.43. The summed E-state index contributed by atoms with van der Waals surface area (Å²) in [6, 6.07) is 0.543. The number of nitrogens with one attached hydrogen (secondary N) is 2. The number of amides is 4. The lowest BCUT2D eigenvalue weighted by Crippen LogP contribution is -2.52. The van der Waals surface area contributed by atoms with Crippen molar-refractivity contribution in [2.45, 2.75) is 69.5 Å². The van der Waals surface area contributed by atoms with Crippen molar-refractivity contribution < 1.29 is 45.5 Å². The number of rotatable bonds is 4. The van der Waals surface area contributed by atoms with Crippen LogP contribution < -0.4 is 10.6 Å². The second-order valence-corrected chi connectivity index (χ2v) is 9.42. The molecule has 36 heavy (non-hydrogen) atoms. The number of hydrogen-bond donors (Lipinski definition) is 2. The van der Waals surface area contributed by atoms with Gasteiger partial charge in [-0.1, -0.05) is 0 Å². The van der Waals surface area contributed by atoms with E-state index in [-0.39, 0.29) is 43.4 Å². The van der Waals surface area contributed by atoms with E-state index in [0.29, 0.717) is 5.56 Å². The maximum absolute atomic E-state index is 13.8. The number of alkyl halides is 6.